The molecule has 48 heavy (non-hydrogen) atoms. The van der Waals surface area contributed by atoms with Crippen molar-refractivity contribution in [1.82, 2.24) is 25.3 Å². The number of carbonyl (C=O) groups excluding carboxylic acids is 5. The first kappa shape index (κ1) is 36.6. The van der Waals surface area contributed by atoms with Gasteiger partial charge in [-0.1, -0.05) is 0 Å². The van der Waals surface area contributed by atoms with E-state index in [1.807, 2.05) is 0 Å². The number of amides is 5. The standard InChI is InChI=1S/C29H38BF2N6O9P/c1-18-14-20(3)37-23(18)16-24-19(2)15-21(38(24)30(37,31)32)7-8-26(40)35-22(17-47-48(44,45)46)29(43)34-11-5-4-6-25(39)33-12-13-36-27(41)9-10-28(36)42/h9-10,14-16,22H,4-8,11-13,17H2,1-3H3,(H,33,39)(H,34,43)(H,35,40)(H2,44,45,46). The molecule has 0 saturated carbocycles. The van der Waals surface area contributed by atoms with Crippen LogP contribution in [0.15, 0.2) is 35.6 Å². The largest absolute Gasteiger partial charge is 0.737 e. The molecule has 1 aromatic rings. The molecule has 4 heterocycles. The first-order valence-electron chi connectivity index (χ1n) is 15.3. The Morgan fingerprint density at radius 1 is 1.00 bits per heavy atom. The van der Waals surface area contributed by atoms with Gasteiger partial charge in [-0.3, -0.25) is 33.4 Å². The van der Waals surface area contributed by atoms with Crippen LogP contribution in [0.25, 0.3) is 6.08 Å². The molecule has 5 amide bonds. The molecule has 0 aromatic carbocycles. The van der Waals surface area contributed by atoms with E-state index in [0.717, 1.165) is 31.6 Å². The lowest BCUT2D eigenvalue weighted by molar-refractivity contribution is -0.363. The smallest absolute Gasteiger partial charge is 0.394 e. The van der Waals surface area contributed by atoms with Gasteiger partial charge in [0.15, 0.2) is 5.70 Å². The molecular formula is C29H38BF2N6O9P. The Hall–Kier alpha value is -4.25. The second-order valence-corrected chi connectivity index (χ2v) is 12.9. The lowest BCUT2D eigenvalue weighted by Crippen LogP contribution is -2.51. The minimum atomic E-state index is -5.00. The number of nitrogens with one attached hydrogen (secondary N) is 3. The second-order valence-electron chi connectivity index (χ2n) is 11.7. The van der Waals surface area contributed by atoms with Gasteiger partial charge in [0.1, 0.15) is 11.8 Å². The first-order chi connectivity index (χ1) is 22.5. The van der Waals surface area contributed by atoms with E-state index in [1.54, 1.807) is 39.0 Å². The highest BCUT2D eigenvalue weighted by atomic mass is 31.2. The zero-order valence-corrected chi connectivity index (χ0v) is 27.6. The Morgan fingerprint density at radius 3 is 2.35 bits per heavy atom. The van der Waals surface area contributed by atoms with Crippen molar-refractivity contribution in [2.75, 3.05) is 26.2 Å². The quantitative estimate of drug-likeness (QED) is 0.0719. The van der Waals surface area contributed by atoms with Crippen LogP contribution in [-0.4, -0.2) is 98.2 Å². The van der Waals surface area contributed by atoms with Crippen molar-refractivity contribution in [1.29, 1.82) is 0 Å². The molecule has 1 atom stereocenters. The third-order valence-electron chi connectivity index (χ3n) is 8.08. The molecule has 1 unspecified atom stereocenters. The molecule has 15 nitrogen and oxygen atoms in total. The number of allylic oxidation sites excluding steroid dienone is 2. The number of hydrogen-bond donors (Lipinski definition) is 5. The summed E-state index contributed by atoms with van der Waals surface area (Å²) in [6.45, 7) is 0.123. The molecule has 260 valence electrons. The number of aryl methyl sites for hydroxylation is 2. The lowest BCUT2D eigenvalue weighted by Gasteiger charge is -2.31. The Balaban J connectivity index is 1.27. The van der Waals surface area contributed by atoms with E-state index in [1.165, 1.54) is 0 Å². The number of aromatic nitrogens is 1. The van der Waals surface area contributed by atoms with Crippen molar-refractivity contribution in [3.63, 3.8) is 0 Å². The first-order valence-corrected chi connectivity index (χ1v) is 16.9. The van der Waals surface area contributed by atoms with Gasteiger partial charge in [0.2, 0.25) is 17.7 Å². The van der Waals surface area contributed by atoms with Gasteiger partial charge >= 0.3 is 14.8 Å². The van der Waals surface area contributed by atoms with Gasteiger partial charge in [-0.15, -0.1) is 0 Å². The predicted molar refractivity (Wildman–Crippen MR) is 169 cm³/mol. The molecular weight excluding hydrogens is 656 g/mol. The molecule has 0 bridgehead atoms. The van der Waals surface area contributed by atoms with Crippen molar-refractivity contribution >= 4 is 56.1 Å². The van der Waals surface area contributed by atoms with Crippen molar-refractivity contribution in [3.05, 3.63) is 52.5 Å². The van der Waals surface area contributed by atoms with Crippen LogP contribution in [0.2, 0.25) is 0 Å². The average Bonchev–Trinajstić information content (AvgIpc) is 3.61. The molecule has 0 aliphatic carbocycles. The SMILES string of the molecule is CC1=CC(CCC(=O)NC(COP(=O)(O)O)C(=O)NCCCCC(=O)NCCN2C(=O)C=CC2=O)=[N+]2C1=Cc1c(C)cc(C)n1[B-]2(F)F. The minimum absolute atomic E-state index is 0.0313. The summed E-state index contributed by atoms with van der Waals surface area (Å²) >= 11 is 0. The normalized spacial score (nSPS) is 17.2. The van der Waals surface area contributed by atoms with E-state index in [0.29, 0.717) is 35.5 Å². The minimum Gasteiger partial charge on any atom is -0.394 e. The number of rotatable bonds is 16. The summed E-state index contributed by atoms with van der Waals surface area (Å²) in [7, 11) is -5.00. The maximum atomic E-state index is 15.8. The van der Waals surface area contributed by atoms with Crippen LogP contribution in [-0.2, 0) is 33.1 Å². The number of unbranched alkanes of at least 4 members (excludes halogenated alkanes) is 1. The summed E-state index contributed by atoms with van der Waals surface area (Å²) < 4.78 is 49.3. The highest BCUT2D eigenvalue weighted by Crippen LogP contribution is 2.37. The molecule has 4 rings (SSSR count). The highest BCUT2D eigenvalue weighted by molar-refractivity contribution is 7.46. The zero-order valence-electron chi connectivity index (χ0n) is 26.7. The molecule has 5 N–H and O–H groups in total. The molecule has 0 radical (unpaired) electrons. The van der Waals surface area contributed by atoms with Gasteiger partial charge in [0.05, 0.1) is 6.61 Å². The Morgan fingerprint density at radius 2 is 1.69 bits per heavy atom. The Labute approximate surface area is 275 Å². The topological polar surface area (TPSA) is 199 Å². The number of phosphoric acid groups is 1. The maximum absolute atomic E-state index is 15.8. The third-order valence-corrected chi connectivity index (χ3v) is 8.56. The lowest BCUT2D eigenvalue weighted by atomic mass is 9.89. The fourth-order valence-electron chi connectivity index (χ4n) is 5.81. The van der Waals surface area contributed by atoms with Crippen molar-refractivity contribution in [2.45, 2.75) is 58.9 Å². The van der Waals surface area contributed by atoms with Crippen LogP contribution >= 0.6 is 7.82 Å². The Bertz CT molecular complexity index is 1680. The zero-order chi connectivity index (χ0) is 35.4. The number of phosphoric ester groups is 1. The number of carbonyl (C=O) groups is 5. The van der Waals surface area contributed by atoms with Gasteiger partial charge in [-0.05, 0) is 50.9 Å². The number of nitrogens with zero attached hydrogens (tertiary/aromatic N) is 3. The predicted octanol–water partition coefficient (Wildman–Crippen LogP) is 0.798. The number of fused-ring (bicyclic) bond motifs is 2. The van der Waals surface area contributed by atoms with Gasteiger partial charge in [-0.2, -0.15) is 0 Å². The third kappa shape index (κ3) is 8.61. The number of imide groups is 1. The van der Waals surface area contributed by atoms with Crippen LogP contribution in [0.4, 0.5) is 8.63 Å². The Kier molecular flexibility index (Phi) is 11.3. The van der Waals surface area contributed by atoms with E-state index in [-0.39, 0.29) is 50.5 Å². The van der Waals surface area contributed by atoms with E-state index in [9.17, 15) is 28.5 Å². The van der Waals surface area contributed by atoms with E-state index < -0.39 is 51.1 Å². The molecule has 3 aliphatic rings. The van der Waals surface area contributed by atoms with Crippen molar-refractivity contribution in [3.8, 4) is 0 Å². The summed E-state index contributed by atoms with van der Waals surface area (Å²) in [6, 6.07) is 0.178. The summed E-state index contributed by atoms with van der Waals surface area (Å²) in [5, 5.41) is 7.47. The molecule has 0 fully saturated rings. The van der Waals surface area contributed by atoms with Gasteiger partial charge in [0.25, 0.3) is 11.8 Å². The monoisotopic (exact) mass is 694 g/mol. The molecule has 0 spiro atoms. The number of halogens is 2. The highest BCUT2D eigenvalue weighted by Gasteiger charge is 2.53. The van der Waals surface area contributed by atoms with Gasteiger partial charge in [-0.25, -0.2) is 4.57 Å². The fraction of sp³-hybridized carbons (Fsp3) is 0.448. The van der Waals surface area contributed by atoms with Crippen molar-refractivity contribution in [2.24, 2.45) is 0 Å². The fourth-order valence-corrected chi connectivity index (χ4v) is 6.16. The number of hydrogen-bond acceptors (Lipinski definition) is 7. The van der Waals surface area contributed by atoms with Crippen LogP contribution in [0.5, 0.6) is 0 Å². The van der Waals surface area contributed by atoms with Crippen LogP contribution < -0.4 is 16.0 Å². The summed E-state index contributed by atoms with van der Waals surface area (Å²) in [6.07, 6.45) is 5.91. The summed E-state index contributed by atoms with van der Waals surface area (Å²) in [4.78, 5) is 80.0. The molecule has 19 heteroatoms. The summed E-state index contributed by atoms with van der Waals surface area (Å²) in [5.41, 5.74) is 2.68. The maximum Gasteiger partial charge on any atom is 0.737 e. The second kappa shape index (κ2) is 14.9. The molecule has 1 aromatic heterocycles. The van der Waals surface area contributed by atoms with Gasteiger partial charge < -0.3 is 43.3 Å². The van der Waals surface area contributed by atoms with Crippen LogP contribution in [0.3, 0.4) is 0 Å². The van der Waals surface area contributed by atoms with Gasteiger partial charge in [0, 0.05) is 74.5 Å². The van der Waals surface area contributed by atoms with Crippen molar-refractivity contribution < 1.29 is 56.0 Å². The van der Waals surface area contributed by atoms with E-state index in [2.05, 4.69) is 20.5 Å². The summed E-state index contributed by atoms with van der Waals surface area (Å²) in [5.74, 6) is -2.77. The van der Waals surface area contributed by atoms with E-state index >= 15 is 8.63 Å². The average molecular weight is 694 g/mol. The molecule has 3 aliphatic heterocycles. The van der Waals surface area contributed by atoms with Crippen LogP contribution in [0, 0.1) is 13.8 Å². The van der Waals surface area contributed by atoms with E-state index in [4.69, 9.17) is 9.79 Å². The molecule has 0 saturated heterocycles. The van der Waals surface area contributed by atoms with Crippen LogP contribution in [0.1, 0.15) is 56.0 Å².